The largest absolute Gasteiger partial charge is 0.484 e. The Balaban J connectivity index is 1.51. The van der Waals surface area contributed by atoms with Crippen LogP contribution in [0.1, 0.15) is 18.4 Å². The maximum Gasteiger partial charge on any atom is 0.260 e. The molecule has 0 bridgehead atoms. The highest BCUT2D eigenvalue weighted by Gasteiger charge is 2.25. The maximum atomic E-state index is 12.4. The number of benzene rings is 1. The Morgan fingerprint density at radius 3 is 3.08 bits per heavy atom. The Morgan fingerprint density at radius 1 is 1.38 bits per heavy atom. The summed E-state index contributed by atoms with van der Waals surface area (Å²) in [6.45, 7) is 3.32. The fraction of sp³-hybridized carbons (Fsp3) is 0.389. The van der Waals surface area contributed by atoms with Crippen molar-refractivity contribution in [1.82, 2.24) is 14.9 Å². The molecule has 0 spiro atoms. The third-order valence-corrected chi connectivity index (χ3v) is 3.91. The molecule has 0 saturated carbocycles. The molecule has 24 heavy (non-hydrogen) atoms. The number of piperidine rings is 1. The van der Waals surface area contributed by atoms with Gasteiger partial charge in [-0.25, -0.2) is 4.98 Å². The van der Waals surface area contributed by atoms with Gasteiger partial charge in [0.1, 0.15) is 11.9 Å². The van der Waals surface area contributed by atoms with Crippen molar-refractivity contribution in [1.29, 1.82) is 0 Å². The van der Waals surface area contributed by atoms with Gasteiger partial charge in [-0.2, -0.15) is 0 Å². The molecule has 1 amide bonds. The molecule has 126 valence electrons. The predicted molar refractivity (Wildman–Crippen MR) is 88.9 cm³/mol. The number of aromatic nitrogens is 2. The molecular formula is C18H21N3O3. The standard InChI is InChI=1S/C18H21N3O3/c1-14-4-2-5-15(10-14)23-13-18(22)21-9-3-6-16(12-21)24-17-11-19-7-8-20-17/h2,4-5,7-8,10-11,16H,3,6,9,12-13H2,1H3. The quantitative estimate of drug-likeness (QED) is 0.842. The number of nitrogens with zero attached hydrogens (tertiary/aromatic N) is 3. The van der Waals surface area contributed by atoms with Gasteiger partial charge in [-0.15, -0.1) is 0 Å². The van der Waals surface area contributed by atoms with Crippen LogP contribution in [0.4, 0.5) is 0 Å². The van der Waals surface area contributed by atoms with E-state index in [9.17, 15) is 4.79 Å². The Morgan fingerprint density at radius 2 is 2.29 bits per heavy atom. The van der Waals surface area contributed by atoms with Crippen molar-refractivity contribution in [3.63, 3.8) is 0 Å². The molecule has 0 radical (unpaired) electrons. The lowest BCUT2D eigenvalue weighted by Crippen LogP contribution is -2.46. The molecule has 0 aliphatic carbocycles. The summed E-state index contributed by atoms with van der Waals surface area (Å²) in [5.74, 6) is 1.18. The van der Waals surface area contributed by atoms with Crippen LogP contribution in [0.2, 0.25) is 0 Å². The lowest BCUT2D eigenvalue weighted by molar-refractivity contribution is -0.136. The number of carbonyl (C=O) groups excluding carboxylic acids is 1. The summed E-state index contributed by atoms with van der Waals surface area (Å²) in [6, 6.07) is 7.69. The number of hydrogen-bond acceptors (Lipinski definition) is 5. The zero-order valence-corrected chi connectivity index (χ0v) is 13.7. The molecule has 0 N–H and O–H groups in total. The minimum atomic E-state index is -0.0571. The van der Waals surface area contributed by atoms with Crippen molar-refractivity contribution in [2.24, 2.45) is 0 Å². The van der Waals surface area contributed by atoms with Gasteiger partial charge in [-0.3, -0.25) is 9.78 Å². The Kier molecular flexibility index (Phi) is 5.25. The van der Waals surface area contributed by atoms with Gasteiger partial charge in [0.15, 0.2) is 6.61 Å². The predicted octanol–water partition coefficient (Wildman–Crippen LogP) is 2.23. The van der Waals surface area contributed by atoms with Crippen LogP contribution < -0.4 is 9.47 Å². The molecule has 1 fully saturated rings. The highest BCUT2D eigenvalue weighted by molar-refractivity contribution is 5.77. The molecule has 2 heterocycles. The zero-order valence-electron chi connectivity index (χ0n) is 13.7. The summed E-state index contributed by atoms with van der Waals surface area (Å²) in [5, 5.41) is 0. The van der Waals surface area contributed by atoms with E-state index in [1.807, 2.05) is 31.2 Å². The molecular weight excluding hydrogens is 306 g/mol. The summed E-state index contributed by atoms with van der Waals surface area (Å²) in [6.07, 6.45) is 6.53. The van der Waals surface area contributed by atoms with E-state index in [-0.39, 0.29) is 18.6 Å². The zero-order chi connectivity index (χ0) is 16.8. The van der Waals surface area contributed by atoms with Gasteiger partial charge in [-0.05, 0) is 37.5 Å². The number of amides is 1. The minimum absolute atomic E-state index is 0.0241. The van der Waals surface area contributed by atoms with Gasteiger partial charge in [0.05, 0.1) is 12.7 Å². The van der Waals surface area contributed by atoms with Gasteiger partial charge in [-0.1, -0.05) is 12.1 Å². The Labute approximate surface area is 141 Å². The fourth-order valence-electron chi connectivity index (χ4n) is 2.72. The second kappa shape index (κ2) is 7.77. The summed E-state index contributed by atoms with van der Waals surface area (Å²) >= 11 is 0. The van der Waals surface area contributed by atoms with E-state index in [0.717, 1.165) is 24.9 Å². The number of likely N-dealkylation sites (tertiary alicyclic amines) is 1. The first-order valence-electron chi connectivity index (χ1n) is 8.10. The van der Waals surface area contributed by atoms with Crippen molar-refractivity contribution in [3.8, 4) is 11.6 Å². The molecule has 6 nitrogen and oxygen atoms in total. The van der Waals surface area contributed by atoms with Crippen LogP contribution in [0.5, 0.6) is 11.6 Å². The van der Waals surface area contributed by atoms with Crippen LogP contribution in [0.25, 0.3) is 0 Å². The first-order valence-corrected chi connectivity index (χ1v) is 8.10. The van der Waals surface area contributed by atoms with Crippen LogP contribution in [0.3, 0.4) is 0 Å². The summed E-state index contributed by atoms with van der Waals surface area (Å²) in [4.78, 5) is 22.3. The normalized spacial score (nSPS) is 17.4. The molecule has 1 aliphatic heterocycles. The van der Waals surface area contributed by atoms with E-state index in [4.69, 9.17) is 9.47 Å². The molecule has 1 aromatic carbocycles. The third-order valence-electron chi connectivity index (χ3n) is 3.91. The molecule has 1 atom stereocenters. The van der Waals surface area contributed by atoms with Crippen LogP contribution >= 0.6 is 0 Å². The lowest BCUT2D eigenvalue weighted by Gasteiger charge is -2.32. The van der Waals surface area contributed by atoms with Gasteiger partial charge >= 0.3 is 0 Å². The molecule has 3 rings (SSSR count). The van der Waals surface area contributed by atoms with E-state index in [2.05, 4.69) is 9.97 Å². The third kappa shape index (κ3) is 4.44. The average Bonchev–Trinajstić information content (AvgIpc) is 2.61. The topological polar surface area (TPSA) is 64.5 Å². The van der Waals surface area contributed by atoms with E-state index in [1.165, 1.54) is 0 Å². The van der Waals surface area contributed by atoms with Gasteiger partial charge < -0.3 is 14.4 Å². The first kappa shape index (κ1) is 16.2. The average molecular weight is 327 g/mol. The van der Waals surface area contributed by atoms with Gasteiger partial charge in [0.2, 0.25) is 5.88 Å². The monoisotopic (exact) mass is 327 g/mol. The molecule has 1 aliphatic rings. The highest BCUT2D eigenvalue weighted by atomic mass is 16.5. The van der Waals surface area contributed by atoms with E-state index >= 15 is 0 Å². The second-order valence-corrected chi connectivity index (χ2v) is 5.87. The van der Waals surface area contributed by atoms with E-state index in [1.54, 1.807) is 23.5 Å². The smallest absolute Gasteiger partial charge is 0.260 e. The summed E-state index contributed by atoms with van der Waals surface area (Å²) < 4.78 is 11.4. The van der Waals surface area contributed by atoms with Gasteiger partial charge in [0, 0.05) is 18.9 Å². The van der Waals surface area contributed by atoms with Gasteiger partial charge in [0.25, 0.3) is 5.91 Å². The van der Waals surface area contributed by atoms with Crippen LogP contribution in [-0.2, 0) is 4.79 Å². The Bertz CT molecular complexity index is 678. The molecule has 1 unspecified atom stereocenters. The Hall–Kier alpha value is -2.63. The number of ether oxygens (including phenoxy) is 2. The first-order chi connectivity index (χ1) is 11.7. The number of hydrogen-bond donors (Lipinski definition) is 0. The van der Waals surface area contributed by atoms with Crippen molar-refractivity contribution >= 4 is 5.91 Å². The van der Waals surface area contributed by atoms with Crippen molar-refractivity contribution in [3.05, 3.63) is 48.4 Å². The van der Waals surface area contributed by atoms with Crippen molar-refractivity contribution in [2.45, 2.75) is 25.9 Å². The maximum absolute atomic E-state index is 12.4. The van der Waals surface area contributed by atoms with E-state index in [0.29, 0.717) is 18.2 Å². The summed E-state index contributed by atoms with van der Waals surface area (Å²) in [5.41, 5.74) is 1.11. The highest BCUT2D eigenvalue weighted by Crippen LogP contribution is 2.17. The van der Waals surface area contributed by atoms with E-state index < -0.39 is 0 Å². The summed E-state index contributed by atoms with van der Waals surface area (Å²) in [7, 11) is 0. The molecule has 1 aromatic heterocycles. The molecule has 6 heteroatoms. The number of rotatable bonds is 5. The van der Waals surface area contributed by atoms with Crippen LogP contribution in [0.15, 0.2) is 42.9 Å². The van der Waals surface area contributed by atoms with Crippen molar-refractivity contribution in [2.75, 3.05) is 19.7 Å². The molecule has 2 aromatic rings. The van der Waals surface area contributed by atoms with Crippen LogP contribution in [0, 0.1) is 6.92 Å². The van der Waals surface area contributed by atoms with Crippen molar-refractivity contribution < 1.29 is 14.3 Å². The van der Waals surface area contributed by atoms with Crippen LogP contribution in [-0.4, -0.2) is 46.6 Å². The number of aryl methyl sites for hydroxylation is 1. The number of carbonyl (C=O) groups is 1. The molecule has 1 saturated heterocycles. The second-order valence-electron chi connectivity index (χ2n) is 5.87. The lowest BCUT2D eigenvalue weighted by atomic mass is 10.1. The fourth-order valence-corrected chi connectivity index (χ4v) is 2.72. The SMILES string of the molecule is Cc1cccc(OCC(=O)N2CCCC(Oc3cnccn3)C2)c1. The minimum Gasteiger partial charge on any atom is -0.484 e.